The molecule has 2 aromatic rings. The Kier molecular flexibility index (Phi) is 5.09. The first-order chi connectivity index (χ1) is 14.1. The first-order valence-corrected chi connectivity index (χ1v) is 12.5. The molecule has 10 heteroatoms. The molecule has 1 aromatic heterocycles. The van der Waals surface area contributed by atoms with E-state index in [0.717, 1.165) is 29.5 Å². The van der Waals surface area contributed by atoms with Crippen LogP contribution in [-0.2, 0) is 16.4 Å². The molecule has 1 fully saturated rings. The van der Waals surface area contributed by atoms with E-state index in [9.17, 15) is 18.0 Å². The summed E-state index contributed by atoms with van der Waals surface area (Å²) in [6, 6.07) is 3.15. The molecular formula is C20H24N4O4S2. The molecule has 1 atom stereocenters. The molecule has 1 saturated carbocycles. The molecule has 30 heavy (non-hydrogen) atoms. The van der Waals surface area contributed by atoms with Crippen LogP contribution in [0.25, 0.3) is 10.4 Å². The van der Waals surface area contributed by atoms with E-state index in [1.165, 1.54) is 18.4 Å². The largest absolute Gasteiger partial charge is 0.341 e. The van der Waals surface area contributed by atoms with Gasteiger partial charge in [-0.25, -0.2) is 18.2 Å². The summed E-state index contributed by atoms with van der Waals surface area (Å²) in [6.07, 6.45) is 3.34. The molecule has 0 radical (unpaired) electrons. The summed E-state index contributed by atoms with van der Waals surface area (Å²) < 4.78 is 25.1. The monoisotopic (exact) mass is 448 g/mol. The summed E-state index contributed by atoms with van der Waals surface area (Å²) in [5.41, 5.74) is 2.37. The number of carbonyl (C=O) groups is 2. The number of benzene rings is 1. The fourth-order valence-electron chi connectivity index (χ4n) is 3.90. The van der Waals surface area contributed by atoms with Crippen LogP contribution in [0, 0.1) is 12.8 Å². The van der Waals surface area contributed by atoms with Crippen LogP contribution in [0.5, 0.6) is 0 Å². The number of nitrogens with zero attached hydrogens (tertiary/aromatic N) is 2. The van der Waals surface area contributed by atoms with Gasteiger partial charge in [-0.15, -0.1) is 0 Å². The van der Waals surface area contributed by atoms with Crippen molar-refractivity contribution in [3.05, 3.63) is 29.0 Å². The molecule has 2 N–H and O–H groups in total. The molecular weight excluding hydrogens is 424 g/mol. The number of sulfone groups is 1. The molecule has 8 nitrogen and oxygen atoms in total. The van der Waals surface area contributed by atoms with Gasteiger partial charge in [0, 0.05) is 25.9 Å². The number of amides is 3. The Hall–Kier alpha value is -2.46. The molecule has 4 rings (SSSR count). The lowest BCUT2D eigenvalue weighted by atomic mass is 10.0. The lowest BCUT2D eigenvalue weighted by Crippen LogP contribution is -2.35. The molecule has 0 bridgehead atoms. The number of carbonyl (C=O) groups excluding carboxylic acids is 2. The molecule has 0 saturated heterocycles. The van der Waals surface area contributed by atoms with Gasteiger partial charge in [0.25, 0.3) is 5.91 Å². The van der Waals surface area contributed by atoms with Crippen LogP contribution in [-0.4, -0.2) is 49.6 Å². The normalized spacial score (nSPS) is 17.1. The Morgan fingerprint density at radius 2 is 2.03 bits per heavy atom. The Balaban J connectivity index is 1.79. The topological polar surface area (TPSA) is 108 Å². The maximum Gasteiger partial charge on any atom is 0.320 e. The highest BCUT2D eigenvalue weighted by Gasteiger charge is 2.41. The second-order valence-corrected chi connectivity index (χ2v) is 10.9. The molecule has 0 spiro atoms. The Morgan fingerprint density at radius 3 is 2.63 bits per heavy atom. The number of hydrogen-bond donors (Lipinski definition) is 2. The number of aromatic nitrogens is 1. The van der Waals surface area contributed by atoms with E-state index in [1.54, 1.807) is 17.9 Å². The van der Waals surface area contributed by atoms with Crippen molar-refractivity contribution in [2.75, 3.05) is 18.6 Å². The fourth-order valence-corrected chi connectivity index (χ4v) is 5.78. The van der Waals surface area contributed by atoms with Crippen LogP contribution in [0.3, 0.4) is 0 Å². The van der Waals surface area contributed by atoms with Gasteiger partial charge in [-0.05, 0) is 55.9 Å². The van der Waals surface area contributed by atoms with Crippen LogP contribution in [0.15, 0.2) is 17.0 Å². The quantitative estimate of drug-likeness (QED) is 0.731. The lowest BCUT2D eigenvalue weighted by Gasteiger charge is -2.24. The highest BCUT2D eigenvalue weighted by Crippen LogP contribution is 2.42. The van der Waals surface area contributed by atoms with E-state index >= 15 is 0 Å². The van der Waals surface area contributed by atoms with E-state index in [1.807, 2.05) is 13.0 Å². The van der Waals surface area contributed by atoms with Gasteiger partial charge >= 0.3 is 6.03 Å². The van der Waals surface area contributed by atoms with Crippen molar-refractivity contribution in [3.63, 3.8) is 0 Å². The number of urea groups is 1. The van der Waals surface area contributed by atoms with Gasteiger partial charge in [0.2, 0.25) is 0 Å². The smallest absolute Gasteiger partial charge is 0.320 e. The van der Waals surface area contributed by atoms with E-state index in [2.05, 4.69) is 15.6 Å². The zero-order valence-corrected chi connectivity index (χ0v) is 18.9. The molecule has 2 heterocycles. The van der Waals surface area contributed by atoms with Crippen molar-refractivity contribution in [3.8, 4) is 10.4 Å². The Morgan fingerprint density at radius 1 is 1.33 bits per heavy atom. The van der Waals surface area contributed by atoms with Crippen LogP contribution >= 0.6 is 11.3 Å². The van der Waals surface area contributed by atoms with Crippen LogP contribution in [0.2, 0.25) is 0 Å². The minimum atomic E-state index is -3.62. The molecule has 2 aliphatic rings. The van der Waals surface area contributed by atoms with Crippen LogP contribution in [0.4, 0.5) is 9.93 Å². The Labute approximate surface area is 179 Å². The average Bonchev–Trinajstić information content (AvgIpc) is 3.39. The predicted octanol–water partition coefficient (Wildman–Crippen LogP) is 3.03. The number of fused-ring (bicyclic) bond motifs is 1. The number of rotatable bonds is 5. The fraction of sp³-hybridized carbons (Fsp3) is 0.450. The lowest BCUT2D eigenvalue weighted by molar-refractivity contribution is 0.0694. The number of thiazole rings is 1. The standard InChI is InChI=1S/C20H24N4O4S2/c1-10-17(29-20(22-10)23-19(26)21-3)13-7-14-9-24(11(2)12-5-6-12)18(25)16(14)15(8-13)30(4,27)28/h7-8,11-12H,5-6,9H2,1-4H3,(H2,21,22,23,26)/t11-/m0/s1. The van der Waals surface area contributed by atoms with E-state index < -0.39 is 9.84 Å². The minimum absolute atomic E-state index is 0.0547. The summed E-state index contributed by atoms with van der Waals surface area (Å²) in [5.74, 6) is 0.283. The molecule has 160 valence electrons. The SMILES string of the molecule is CNC(=O)Nc1nc(C)c(-c2cc3c(c(S(C)(=O)=O)c2)C(=O)N([C@@H](C)C2CC2)C3)s1. The van der Waals surface area contributed by atoms with Gasteiger partial charge in [-0.3, -0.25) is 10.1 Å². The molecule has 1 aromatic carbocycles. The van der Waals surface area contributed by atoms with Crippen molar-refractivity contribution in [1.29, 1.82) is 0 Å². The van der Waals surface area contributed by atoms with Gasteiger partial charge < -0.3 is 10.2 Å². The third kappa shape index (κ3) is 3.69. The highest BCUT2D eigenvalue weighted by molar-refractivity contribution is 7.90. The van der Waals surface area contributed by atoms with E-state index in [0.29, 0.717) is 34.4 Å². The van der Waals surface area contributed by atoms with Gasteiger partial charge in [0.1, 0.15) is 0 Å². The number of anilines is 1. The minimum Gasteiger partial charge on any atom is -0.341 e. The Bertz CT molecular complexity index is 1150. The first-order valence-electron chi connectivity index (χ1n) is 9.74. The van der Waals surface area contributed by atoms with Crippen molar-refractivity contribution in [2.45, 2.75) is 44.2 Å². The maximum absolute atomic E-state index is 13.1. The second-order valence-electron chi connectivity index (χ2n) is 7.93. The van der Waals surface area contributed by atoms with Crippen molar-refractivity contribution >= 4 is 38.2 Å². The first kappa shape index (κ1) is 20.8. The molecule has 0 unspecified atom stereocenters. The summed E-state index contributed by atoms with van der Waals surface area (Å²) in [6.45, 7) is 4.25. The molecule has 3 amide bonds. The van der Waals surface area contributed by atoms with Gasteiger partial charge in [0.05, 0.1) is 21.0 Å². The molecule has 1 aliphatic heterocycles. The zero-order chi connectivity index (χ0) is 21.8. The summed E-state index contributed by atoms with van der Waals surface area (Å²) >= 11 is 1.27. The average molecular weight is 449 g/mol. The maximum atomic E-state index is 13.1. The van der Waals surface area contributed by atoms with Crippen LogP contribution in [0.1, 0.15) is 41.4 Å². The van der Waals surface area contributed by atoms with Crippen molar-refractivity contribution < 1.29 is 18.0 Å². The van der Waals surface area contributed by atoms with Gasteiger partial charge in [-0.1, -0.05) is 11.3 Å². The van der Waals surface area contributed by atoms with Crippen molar-refractivity contribution in [1.82, 2.24) is 15.2 Å². The number of nitrogens with one attached hydrogen (secondary N) is 2. The summed E-state index contributed by atoms with van der Waals surface area (Å²) in [7, 11) is -2.10. The van der Waals surface area contributed by atoms with Gasteiger partial charge in [-0.2, -0.15) is 0 Å². The number of hydrogen-bond acceptors (Lipinski definition) is 6. The summed E-state index contributed by atoms with van der Waals surface area (Å²) in [5, 5.41) is 5.54. The van der Waals surface area contributed by atoms with Gasteiger partial charge in [0.15, 0.2) is 15.0 Å². The van der Waals surface area contributed by atoms with E-state index in [-0.39, 0.29) is 22.9 Å². The highest BCUT2D eigenvalue weighted by atomic mass is 32.2. The van der Waals surface area contributed by atoms with Crippen LogP contribution < -0.4 is 10.6 Å². The van der Waals surface area contributed by atoms with E-state index in [4.69, 9.17) is 0 Å². The number of aryl methyl sites for hydroxylation is 1. The molecule has 1 aliphatic carbocycles. The summed E-state index contributed by atoms with van der Waals surface area (Å²) in [4.78, 5) is 31.7. The second kappa shape index (κ2) is 7.35. The van der Waals surface area contributed by atoms with Crippen molar-refractivity contribution in [2.24, 2.45) is 5.92 Å². The third-order valence-corrected chi connectivity index (χ3v) is 7.94. The predicted molar refractivity (Wildman–Crippen MR) is 116 cm³/mol. The zero-order valence-electron chi connectivity index (χ0n) is 17.3. The third-order valence-electron chi connectivity index (χ3n) is 5.70.